The number of anilines is 1. The Balaban J connectivity index is 1.31. The molecule has 1 spiro atoms. The van der Waals surface area contributed by atoms with Crippen LogP contribution < -0.4 is 14.4 Å². The van der Waals surface area contributed by atoms with Gasteiger partial charge in [-0.1, -0.05) is 24.6 Å². The predicted molar refractivity (Wildman–Crippen MR) is 200 cm³/mol. The zero-order valence-corrected chi connectivity index (χ0v) is 32.0. The summed E-state index contributed by atoms with van der Waals surface area (Å²) in [6.45, 7) is 3.72. The lowest BCUT2D eigenvalue weighted by molar-refractivity contribution is -0.0300. The number of benzene rings is 2. The van der Waals surface area contributed by atoms with Crippen molar-refractivity contribution in [3.8, 4) is 11.6 Å². The summed E-state index contributed by atoms with van der Waals surface area (Å²) in [5, 5.41) is 16.2. The van der Waals surface area contributed by atoms with Crippen LogP contribution in [0.3, 0.4) is 0 Å². The van der Waals surface area contributed by atoms with Crippen molar-refractivity contribution < 1.29 is 33.1 Å². The van der Waals surface area contributed by atoms with Crippen LogP contribution in [0.1, 0.15) is 77.3 Å². The number of Topliss-reactive ketones (excluding diaryl/α,β-unsaturated/α-hetero) is 1. The van der Waals surface area contributed by atoms with Crippen molar-refractivity contribution in [3.05, 3.63) is 69.9 Å². The van der Waals surface area contributed by atoms with Gasteiger partial charge >= 0.3 is 0 Å². The van der Waals surface area contributed by atoms with E-state index in [1.807, 2.05) is 18.2 Å². The molecule has 0 unspecified atom stereocenters. The monoisotopic (exact) mass is 752 g/mol. The van der Waals surface area contributed by atoms with Gasteiger partial charge in [-0.2, -0.15) is 4.36 Å². The molecule has 1 N–H and O–H groups in total. The Morgan fingerprint density at radius 3 is 2.73 bits per heavy atom. The molecule has 3 heterocycles. The molecule has 1 saturated carbocycles. The fourth-order valence-corrected chi connectivity index (χ4v) is 11.4. The number of halogens is 1. The number of aliphatic hydroxyl groups is 1. The molecule has 7 atom stereocenters. The number of amides is 1. The Morgan fingerprint density at radius 2 is 1.98 bits per heavy atom. The highest BCUT2D eigenvalue weighted by Gasteiger charge is 2.45. The Hall–Kier alpha value is -3.45. The van der Waals surface area contributed by atoms with Crippen molar-refractivity contribution in [2.75, 3.05) is 50.3 Å². The molecule has 4 aliphatic rings. The van der Waals surface area contributed by atoms with E-state index in [0.29, 0.717) is 43.6 Å². The maximum Gasteiger partial charge on any atom is 0.285 e. The smallest absolute Gasteiger partial charge is 0.285 e. The molecular formula is C39H49ClN4O7S. The number of aliphatic hydroxyl groups excluding tert-OH is 1. The molecule has 280 valence electrons. The molecule has 2 aromatic carbocycles. The summed E-state index contributed by atoms with van der Waals surface area (Å²) in [6.07, 6.45) is 6.71. The molecule has 2 bridgehead atoms. The lowest BCUT2D eigenvalue weighted by Gasteiger charge is -2.46. The van der Waals surface area contributed by atoms with Crippen molar-refractivity contribution in [1.82, 2.24) is 9.78 Å². The molecule has 0 radical (unpaired) electrons. The van der Waals surface area contributed by atoms with E-state index in [1.165, 1.54) is 29.1 Å². The van der Waals surface area contributed by atoms with Crippen LogP contribution in [-0.4, -0.2) is 88.4 Å². The van der Waals surface area contributed by atoms with Crippen molar-refractivity contribution in [2.24, 2.45) is 29.2 Å². The van der Waals surface area contributed by atoms with Crippen LogP contribution in [0.2, 0.25) is 5.02 Å². The predicted octanol–water partition coefficient (Wildman–Crippen LogP) is 5.88. The van der Waals surface area contributed by atoms with Crippen molar-refractivity contribution in [2.45, 2.75) is 69.5 Å². The number of aromatic nitrogens is 2. The quantitative estimate of drug-likeness (QED) is 0.318. The van der Waals surface area contributed by atoms with Crippen LogP contribution in [0.5, 0.6) is 11.6 Å². The number of methoxy groups -OCH3 is 2. The van der Waals surface area contributed by atoms with E-state index in [1.54, 1.807) is 27.1 Å². The number of carbonyl (C=O) groups excluding carboxylic acids is 2. The van der Waals surface area contributed by atoms with Crippen LogP contribution in [-0.2, 0) is 33.3 Å². The fraction of sp³-hybridized carbons (Fsp3) is 0.564. The second kappa shape index (κ2) is 14.8. The van der Waals surface area contributed by atoms with E-state index >= 15 is 0 Å². The topological polar surface area (TPSA) is 133 Å². The minimum Gasteiger partial charge on any atom is -0.490 e. The number of aryl methyl sites for hydroxylation is 2. The molecular weight excluding hydrogens is 704 g/mol. The van der Waals surface area contributed by atoms with Gasteiger partial charge in [0.1, 0.15) is 11.3 Å². The van der Waals surface area contributed by atoms with E-state index < -0.39 is 39.2 Å². The van der Waals surface area contributed by atoms with Gasteiger partial charge in [0.05, 0.1) is 47.1 Å². The van der Waals surface area contributed by atoms with Gasteiger partial charge in [-0.15, -0.1) is 5.10 Å². The maximum atomic E-state index is 14.7. The molecule has 2 aliphatic heterocycles. The summed E-state index contributed by atoms with van der Waals surface area (Å²) in [7, 11) is 1.31. The number of fused-ring (bicyclic) bond motifs is 4. The van der Waals surface area contributed by atoms with Crippen LogP contribution in [0.25, 0.3) is 0 Å². The normalized spacial score (nSPS) is 30.6. The summed E-state index contributed by atoms with van der Waals surface area (Å²) in [6, 6.07) is 11.5. The number of nitrogens with zero attached hydrogens (tertiary/aromatic N) is 4. The van der Waals surface area contributed by atoms with E-state index in [2.05, 4.69) is 26.5 Å². The lowest BCUT2D eigenvalue weighted by atomic mass is 9.68. The van der Waals surface area contributed by atoms with E-state index in [9.17, 15) is 18.9 Å². The Labute approximate surface area is 311 Å². The number of hydrogen-bond acceptors (Lipinski definition) is 9. The lowest BCUT2D eigenvalue weighted by Crippen LogP contribution is -2.50. The molecule has 1 aromatic heterocycles. The zero-order valence-electron chi connectivity index (χ0n) is 30.4. The largest absolute Gasteiger partial charge is 0.490 e. The van der Waals surface area contributed by atoms with Crippen LogP contribution >= 0.6 is 11.6 Å². The van der Waals surface area contributed by atoms with Gasteiger partial charge in [0.2, 0.25) is 5.88 Å². The summed E-state index contributed by atoms with van der Waals surface area (Å²) < 4.78 is 38.5. The number of ether oxygens (including phenoxy) is 3. The van der Waals surface area contributed by atoms with Crippen molar-refractivity contribution >= 4 is 38.7 Å². The second-order valence-electron chi connectivity index (χ2n) is 15.3. The molecule has 11 nitrogen and oxygen atoms in total. The van der Waals surface area contributed by atoms with Crippen LogP contribution in [0.4, 0.5) is 5.69 Å². The average molecular weight is 753 g/mol. The van der Waals surface area contributed by atoms with Gasteiger partial charge in [0.25, 0.3) is 5.91 Å². The minimum absolute atomic E-state index is 0.0516. The highest BCUT2D eigenvalue weighted by molar-refractivity contribution is 7.94. The van der Waals surface area contributed by atoms with Crippen LogP contribution in [0.15, 0.2) is 47.0 Å². The molecule has 13 heteroatoms. The highest BCUT2D eigenvalue weighted by Crippen LogP contribution is 2.47. The Kier molecular flexibility index (Phi) is 10.5. The summed E-state index contributed by atoms with van der Waals surface area (Å²) in [5.74, 6) is -0.890. The number of ketones is 1. The molecule has 2 aliphatic carbocycles. The molecule has 3 aromatic rings. The van der Waals surface area contributed by atoms with Gasteiger partial charge in [0, 0.05) is 55.2 Å². The summed E-state index contributed by atoms with van der Waals surface area (Å²) in [5.41, 5.74) is 3.45. The minimum atomic E-state index is -3.50. The first-order chi connectivity index (χ1) is 24.9. The zero-order chi connectivity index (χ0) is 36.8. The SMILES string of the molecule is COc1nn(C)cc1C(=O)C[S@@]1(=O)=NC(=O)c2ccc3c(c2)N(C[C@@H]2CC[C@H]2[C@@H](OC)CC[C@H](O)[C@H](C)C1)C[C@@]1(CCCc2cc(Cl)ccc21)CO3. The average Bonchev–Trinajstić information content (AvgIpc) is 3.42. The van der Waals surface area contributed by atoms with E-state index in [0.717, 1.165) is 49.4 Å². The molecule has 52 heavy (non-hydrogen) atoms. The number of hydrogen-bond donors (Lipinski definition) is 1. The standard InChI is InChI=1S/C39H49ClN4O7S/c1-24-20-52(48,21-34(46)30-19-43(2)41-38(30)50-4)42-37(47)26-8-13-36-32(17-26)44(18-27-7-10-29(27)35(49-3)14-12-33(24)45)22-39(23-51-36)15-5-6-25-16-28(40)9-11-31(25)39/h8-9,11,13,16-17,19,24,27,29,33,35,45H,5-7,10,12,14-15,18,20-23H2,1-4H3/t24-,27+,29-,33+,35+,39+,52-/m1/s1. The first kappa shape index (κ1) is 36.9. The fourth-order valence-electron chi connectivity index (χ4n) is 8.91. The molecule has 1 fully saturated rings. The van der Waals surface area contributed by atoms with Gasteiger partial charge in [-0.05, 0) is 104 Å². The first-order valence-electron chi connectivity index (χ1n) is 18.3. The number of rotatable bonds is 5. The maximum absolute atomic E-state index is 14.7. The third-order valence-electron chi connectivity index (χ3n) is 11.8. The third kappa shape index (κ3) is 7.23. The second-order valence-corrected chi connectivity index (χ2v) is 18.1. The van der Waals surface area contributed by atoms with E-state index in [-0.39, 0.29) is 34.3 Å². The number of carbonyl (C=O) groups is 2. The van der Waals surface area contributed by atoms with E-state index in [4.69, 9.17) is 25.8 Å². The molecule has 0 saturated heterocycles. The third-order valence-corrected chi connectivity index (χ3v) is 14.3. The van der Waals surface area contributed by atoms with Crippen molar-refractivity contribution in [3.63, 3.8) is 0 Å². The first-order valence-corrected chi connectivity index (χ1v) is 20.5. The van der Waals surface area contributed by atoms with Crippen LogP contribution in [0, 0.1) is 17.8 Å². The van der Waals surface area contributed by atoms with Gasteiger partial charge in [0.15, 0.2) is 5.78 Å². The summed E-state index contributed by atoms with van der Waals surface area (Å²) in [4.78, 5) is 30.1. The van der Waals surface area contributed by atoms with Gasteiger partial charge in [-0.3, -0.25) is 14.3 Å². The molecule has 7 rings (SSSR count). The van der Waals surface area contributed by atoms with Crippen molar-refractivity contribution in [1.29, 1.82) is 0 Å². The Bertz CT molecular complexity index is 1970. The molecule has 1 amide bonds. The van der Waals surface area contributed by atoms with Gasteiger partial charge < -0.3 is 24.2 Å². The highest BCUT2D eigenvalue weighted by atomic mass is 35.5. The summed E-state index contributed by atoms with van der Waals surface area (Å²) >= 11 is 6.46. The Morgan fingerprint density at radius 1 is 1.15 bits per heavy atom. The van der Waals surface area contributed by atoms with Gasteiger partial charge in [-0.25, -0.2) is 4.21 Å².